The van der Waals surface area contributed by atoms with E-state index >= 15 is 0 Å². The molecule has 0 radical (unpaired) electrons. The summed E-state index contributed by atoms with van der Waals surface area (Å²) in [5.41, 5.74) is 1.77. The Morgan fingerprint density at radius 2 is 1.73 bits per heavy atom. The molecule has 8 nitrogen and oxygen atoms in total. The molecule has 3 aromatic rings. The average molecular weight is 488 g/mol. The molecule has 1 aromatic carbocycles. The number of sulfonamides is 1. The van der Waals surface area contributed by atoms with Crippen LogP contribution >= 0.6 is 11.3 Å². The largest absolute Gasteiger partial charge is 0.294 e. The summed E-state index contributed by atoms with van der Waals surface area (Å²) in [4.78, 5) is 19.6. The van der Waals surface area contributed by atoms with Crippen molar-refractivity contribution in [2.24, 2.45) is 0 Å². The van der Waals surface area contributed by atoms with Crippen molar-refractivity contribution in [2.75, 3.05) is 26.2 Å². The highest BCUT2D eigenvalue weighted by Gasteiger charge is 2.29. The molecule has 3 heterocycles. The van der Waals surface area contributed by atoms with Gasteiger partial charge < -0.3 is 0 Å². The lowest BCUT2D eigenvalue weighted by Gasteiger charge is -2.33. The van der Waals surface area contributed by atoms with E-state index in [1.165, 1.54) is 59.6 Å². The van der Waals surface area contributed by atoms with Crippen LogP contribution in [0.4, 0.5) is 0 Å². The summed E-state index contributed by atoms with van der Waals surface area (Å²) in [6, 6.07) is 9.04. The number of hydrogen-bond donors (Lipinski definition) is 0. The van der Waals surface area contributed by atoms with Crippen molar-refractivity contribution in [1.29, 1.82) is 0 Å². The molecule has 0 N–H and O–H groups in total. The summed E-state index contributed by atoms with van der Waals surface area (Å²) < 4.78 is 29.3. The molecule has 0 atom stereocenters. The van der Waals surface area contributed by atoms with Crippen LogP contribution in [0.5, 0.6) is 0 Å². The molecule has 2 aromatic heterocycles. The fourth-order valence-corrected chi connectivity index (χ4v) is 7.25. The molecule has 0 amide bonds. The zero-order valence-corrected chi connectivity index (χ0v) is 20.4. The first kappa shape index (κ1) is 22.6. The Balaban J connectivity index is 1.22. The molecule has 176 valence electrons. The molecule has 1 saturated carbocycles. The van der Waals surface area contributed by atoms with E-state index < -0.39 is 10.0 Å². The number of aryl methyl sites for hydroxylation is 1. The van der Waals surface area contributed by atoms with E-state index in [1.54, 1.807) is 23.4 Å². The molecule has 0 unspecified atom stereocenters. The number of benzene rings is 1. The monoisotopic (exact) mass is 487 g/mol. The minimum absolute atomic E-state index is 0.176. The van der Waals surface area contributed by atoms with Gasteiger partial charge in [0, 0.05) is 37.9 Å². The molecule has 2 fully saturated rings. The van der Waals surface area contributed by atoms with E-state index in [1.807, 2.05) is 12.1 Å². The van der Waals surface area contributed by atoms with Crippen LogP contribution in [0.3, 0.4) is 0 Å². The highest BCUT2D eigenvalue weighted by atomic mass is 32.2. The van der Waals surface area contributed by atoms with Crippen molar-refractivity contribution in [3.63, 3.8) is 0 Å². The normalized spacial score (nSPS) is 19.3. The lowest BCUT2D eigenvalue weighted by molar-refractivity contribution is 0.181. The molecule has 0 bridgehead atoms. The number of hydrogen-bond acceptors (Lipinski definition) is 7. The third-order valence-corrected chi connectivity index (χ3v) is 9.51. The molecule has 33 heavy (non-hydrogen) atoms. The minimum atomic E-state index is -3.50. The summed E-state index contributed by atoms with van der Waals surface area (Å²) in [5.74, 6) is 0.566. The zero-order chi connectivity index (χ0) is 23.0. The van der Waals surface area contributed by atoms with E-state index in [0.29, 0.717) is 54.2 Å². The van der Waals surface area contributed by atoms with Gasteiger partial charge in [-0.15, -0.1) is 0 Å². The van der Waals surface area contributed by atoms with Crippen molar-refractivity contribution >= 4 is 26.3 Å². The van der Waals surface area contributed by atoms with E-state index in [9.17, 15) is 13.2 Å². The second-order valence-electron chi connectivity index (χ2n) is 9.01. The van der Waals surface area contributed by atoms with Gasteiger partial charge in [-0.25, -0.2) is 13.4 Å². The van der Waals surface area contributed by atoms with Gasteiger partial charge in [0.1, 0.15) is 5.01 Å². The molecular weight excluding hydrogens is 458 g/mol. The summed E-state index contributed by atoms with van der Waals surface area (Å²) in [7, 11) is -3.50. The topological polar surface area (TPSA) is 87.9 Å². The fraction of sp³-hybridized carbons (Fsp3) is 0.522. The van der Waals surface area contributed by atoms with Crippen LogP contribution in [0.15, 0.2) is 40.0 Å². The summed E-state index contributed by atoms with van der Waals surface area (Å²) in [5, 5.41) is 5.20. The van der Waals surface area contributed by atoms with Crippen molar-refractivity contribution in [2.45, 2.75) is 56.4 Å². The quantitative estimate of drug-likeness (QED) is 0.550. The third kappa shape index (κ3) is 4.75. The van der Waals surface area contributed by atoms with Crippen LogP contribution in [-0.4, -0.2) is 58.4 Å². The summed E-state index contributed by atoms with van der Waals surface area (Å²) in [6.07, 6.45) is 6.24. The molecule has 0 spiro atoms. The van der Waals surface area contributed by atoms with E-state index in [4.69, 9.17) is 0 Å². The van der Waals surface area contributed by atoms with Crippen LogP contribution in [0.25, 0.3) is 4.96 Å². The highest BCUT2D eigenvalue weighted by Crippen LogP contribution is 2.33. The first-order chi connectivity index (χ1) is 15.9. The van der Waals surface area contributed by atoms with E-state index in [2.05, 4.69) is 15.0 Å². The number of rotatable bonds is 5. The lowest BCUT2D eigenvalue weighted by atomic mass is 9.84. The molecular formula is C23H29N5O3S2. The summed E-state index contributed by atoms with van der Waals surface area (Å²) >= 11 is 1.40. The van der Waals surface area contributed by atoms with Gasteiger partial charge in [-0.1, -0.05) is 42.7 Å². The predicted molar refractivity (Wildman–Crippen MR) is 128 cm³/mol. The van der Waals surface area contributed by atoms with Crippen molar-refractivity contribution in [1.82, 2.24) is 23.8 Å². The lowest BCUT2D eigenvalue weighted by Crippen LogP contribution is -2.48. The van der Waals surface area contributed by atoms with Crippen LogP contribution in [0.1, 0.15) is 54.3 Å². The van der Waals surface area contributed by atoms with E-state index in [0.717, 1.165) is 5.01 Å². The van der Waals surface area contributed by atoms with Gasteiger partial charge in [0.05, 0.1) is 11.4 Å². The van der Waals surface area contributed by atoms with E-state index in [-0.39, 0.29) is 5.56 Å². The molecule has 5 rings (SSSR count). The SMILES string of the molecule is Cc1cc(=O)n2nc(CN3CCN(S(=O)(=O)c4ccc(C5CCCCC5)cc4)CC3)sc2n1. The van der Waals surface area contributed by atoms with Gasteiger partial charge in [0.2, 0.25) is 15.0 Å². The van der Waals surface area contributed by atoms with Crippen LogP contribution in [-0.2, 0) is 16.6 Å². The van der Waals surface area contributed by atoms with Gasteiger partial charge in [0.25, 0.3) is 5.56 Å². The van der Waals surface area contributed by atoms with Gasteiger partial charge in [-0.3, -0.25) is 9.69 Å². The Hall–Kier alpha value is -2.14. The smallest absolute Gasteiger partial charge is 0.275 e. The maximum absolute atomic E-state index is 13.2. The van der Waals surface area contributed by atoms with Crippen molar-refractivity contribution in [3.8, 4) is 0 Å². The first-order valence-electron chi connectivity index (χ1n) is 11.6. The van der Waals surface area contributed by atoms with Crippen molar-refractivity contribution < 1.29 is 8.42 Å². The number of fused-ring (bicyclic) bond motifs is 1. The second-order valence-corrected chi connectivity index (χ2v) is 12.0. The second kappa shape index (κ2) is 9.25. The zero-order valence-electron chi connectivity index (χ0n) is 18.8. The summed E-state index contributed by atoms with van der Waals surface area (Å²) in [6.45, 7) is 4.50. The van der Waals surface area contributed by atoms with Gasteiger partial charge in [0.15, 0.2) is 0 Å². The Kier molecular flexibility index (Phi) is 6.34. The van der Waals surface area contributed by atoms with Crippen molar-refractivity contribution in [3.05, 3.63) is 57.0 Å². The Morgan fingerprint density at radius 3 is 2.42 bits per heavy atom. The third-order valence-electron chi connectivity index (χ3n) is 6.70. The molecule has 1 aliphatic heterocycles. The standard InChI is InChI=1S/C23H29N5O3S2/c1-17-15-22(29)28-23(24-17)32-21(25-28)16-26-11-13-27(14-12-26)33(30,31)20-9-7-19(8-10-20)18-5-3-2-4-6-18/h7-10,15,18H,2-6,11-14,16H2,1H3. The van der Waals surface area contributed by atoms with Gasteiger partial charge in [-0.2, -0.15) is 13.9 Å². The number of nitrogens with zero attached hydrogens (tertiary/aromatic N) is 5. The highest BCUT2D eigenvalue weighted by molar-refractivity contribution is 7.89. The van der Waals surface area contributed by atoms with Gasteiger partial charge >= 0.3 is 0 Å². The van der Waals surface area contributed by atoms with Crippen LogP contribution in [0.2, 0.25) is 0 Å². The van der Waals surface area contributed by atoms with Crippen LogP contribution < -0.4 is 5.56 Å². The average Bonchev–Trinajstić information content (AvgIpc) is 3.23. The molecule has 2 aliphatic rings. The maximum Gasteiger partial charge on any atom is 0.275 e. The first-order valence-corrected chi connectivity index (χ1v) is 13.8. The predicted octanol–water partition coefficient (Wildman–Crippen LogP) is 3.01. The minimum Gasteiger partial charge on any atom is -0.294 e. The Morgan fingerprint density at radius 1 is 1.03 bits per heavy atom. The maximum atomic E-state index is 13.2. The molecule has 1 saturated heterocycles. The fourth-order valence-electron chi connectivity index (χ4n) is 4.84. The van der Waals surface area contributed by atoms with Gasteiger partial charge in [-0.05, 0) is 43.4 Å². The van der Waals surface area contributed by atoms with Crippen LogP contribution in [0, 0.1) is 6.92 Å². The molecule has 1 aliphatic carbocycles. The number of piperazine rings is 1. The Bertz CT molecular complexity index is 1290. The Labute approximate surface area is 197 Å². The molecule has 10 heteroatoms. The number of aromatic nitrogens is 3.